The predicted molar refractivity (Wildman–Crippen MR) is 96.5 cm³/mol. The minimum atomic E-state index is -0.357. The van der Waals surface area contributed by atoms with Gasteiger partial charge >= 0.3 is 0 Å². The van der Waals surface area contributed by atoms with Crippen molar-refractivity contribution in [3.63, 3.8) is 0 Å². The van der Waals surface area contributed by atoms with Crippen LogP contribution < -0.4 is 10.6 Å². The molecule has 2 aromatic rings. The molecule has 2 aromatic carbocycles. The van der Waals surface area contributed by atoms with E-state index in [0.717, 1.165) is 45.1 Å². The summed E-state index contributed by atoms with van der Waals surface area (Å²) in [5.74, 6) is -0.614. The van der Waals surface area contributed by atoms with Gasteiger partial charge in [0.05, 0.1) is 13.2 Å². The maximum absolute atomic E-state index is 12.9. The van der Waals surface area contributed by atoms with Crippen molar-refractivity contribution in [3.05, 3.63) is 59.9 Å². The number of hydrogen-bond donors (Lipinski definition) is 2. The summed E-state index contributed by atoms with van der Waals surface area (Å²) in [6.45, 7) is 5.42. The largest absolute Gasteiger partial charge is 0.384 e. The minimum absolute atomic E-state index is 0.256. The Balaban J connectivity index is 1.46. The fraction of sp³-hybridized carbons (Fsp3) is 0.316. The Morgan fingerprint density at radius 2 is 1.64 bits per heavy atom. The maximum Gasteiger partial charge on any atom is 0.255 e. The number of nitrogens with one attached hydrogen (secondary N) is 2. The Labute approximate surface area is 146 Å². The highest BCUT2D eigenvalue weighted by Crippen LogP contribution is 2.15. The van der Waals surface area contributed by atoms with Crippen LogP contribution in [0.15, 0.2) is 48.5 Å². The molecule has 2 N–H and O–H groups in total. The summed E-state index contributed by atoms with van der Waals surface area (Å²) in [4.78, 5) is 14.5. The first kappa shape index (κ1) is 17.4. The van der Waals surface area contributed by atoms with E-state index < -0.39 is 0 Å². The third-order valence-corrected chi connectivity index (χ3v) is 4.11. The molecule has 1 saturated heterocycles. The van der Waals surface area contributed by atoms with Gasteiger partial charge in [-0.2, -0.15) is 0 Å². The molecule has 0 radical (unpaired) electrons. The van der Waals surface area contributed by atoms with E-state index in [1.54, 1.807) is 0 Å². The lowest BCUT2D eigenvalue weighted by Gasteiger charge is -2.26. The number of rotatable bonds is 6. The van der Waals surface area contributed by atoms with Crippen LogP contribution in [0.3, 0.4) is 0 Å². The second-order valence-corrected chi connectivity index (χ2v) is 5.92. The number of hydrogen-bond acceptors (Lipinski definition) is 4. The lowest BCUT2D eigenvalue weighted by Crippen LogP contribution is -2.38. The average Bonchev–Trinajstić information content (AvgIpc) is 2.64. The van der Waals surface area contributed by atoms with Crippen molar-refractivity contribution in [2.24, 2.45) is 0 Å². The van der Waals surface area contributed by atoms with Gasteiger partial charge in [-0.25, -0.2) is 4.39 Å². The minimum Gasteiger partial charge on any atom is -0.384 e. The number of carbonyl (C=O) groups is 1. The highest BCUT2D eigenvalue weighted by atomic mass is 19.1. The number of anilines is 2. The molecule has 3 rings (SSSR count). The first-order valence-electron chi connectivity index (χ1n) is 8.42. The van der Waals surface area contributed by atoms with Crippen molar-refractivity contribution in [2.75, 3.05) is 50.0 Å². The molecule has 0 unspecified atom stereocenters. The fourth-order valence-corrected chi connectivity index (χ4v) is 2.66. The standard InChI is InChI=1S/C19H22FN3O2/c20-16-3-1-15(2-4-16)19(24)22-18-7-5-17(6-8-18)21-9-10-23-11-13-25-14-12-23/h1-8,21H,9-14H2,(H,22,24). The molecule has 0 atom stereocenters. The normalized spacial score (nSPS) is 14.9. The maximum atomic E-state index is 12.9. The monoisotopic (exact) mass is 343 g/mol. The molecule has 1 fully saturated rings. The second-order valence-electron chi connectivity index (χ2n) is 5.92. The summed E-state index contributed by atoms with van der Waals surface area (Å²) in [5.41, 5.74) is 2.13. The fourth-order valence-electron chi connectivity index (χ4n) is 2.66. The van der Waals surface area contributed by atoms with Crippen LogP contribution in [-0.2, 0) is 4.74 Å². The van der Waals surface area contributed by atoms with Crippen LogP contribution in [0.4, 0.5) is 15.8 Å². The number of benzene rings is 2. The number of ether oxygens (including phenoxy) is 1. The zero-order valence-corrected chi connectivity index (χ0v) is 14.0. The SMILES string of the molecule is O=C(Nc1ccc(NCCN2CCOCC2)cc1)c1ccc(F)cc1. The summed E-state index contributed by atoms with van der Waals surface area (Å²) in [7, 11) is 0. The molecule has 1 aliphatic rings. The number of nitrogens with zero attached hydrogens (tertiary/aromatic N) is 1. The van der Waals surface area contributed by atoms with Crippen molar-refractivity contribution in [2.45, 2.75) is 0 Å². The van der Waals surface area contributed by atoms with Crippen molar-refractivity contribution in [1.82, 2.24) is 4.90 Å². The van der Waals surface area contributed by atoms with E-state index in [9.17, 15) is 9.18 Å². The Hall–Kier alpha value is -2.44. The summed E-state index contributed by atoms with van der Waals surface area (Å²) >= 11 is 0. The molecule has 0 saturated carbocycles. The van der Waals surface area contributed by atoms with Gasteiger partial charge in [-0.1, -0.05) is 0 Å². The second kappa shape index (κ2) is 8.60. The molecule has 25 heavy (non-hydrogen) atoms. The van der Waals surface area contributed by atoms with Gasteiger partial charge in [0.15, 0.2) is 0 Å². The zero-order chi connectivity index (χ0) is 17.5. The van der Waals surface area contributed by atoms with Crippen molar-refractivity contribution in [1.29, 1.82) is 0 Å². The van der Waals surface area contributed by atoms with E-state index in [0.29, 0.717) is 11.3 Å². The topological polar surface area (TPSA) is 53.6 Å². The van der Waals surface area contributed by atoms with Gasteiger partial charge in [-0.15, -0.1) is 0 Å². The third kappa shape index (κ3) is 5.27. The Morgan fingerprint density at radius 1 is 1.00 bits per heavy atom. The lowest BCUT2D eigenvalue weighted by atomic mass is 10.2. The molecule has 0 aliphatic carbocycles. The number of amides is 1. The number of morpholine rings is 1. The van der Waals surface area contributed by atoms with E-state index in [-0.39, 0.29) is 11.7 Å². The van der Waals surface area contributed by atoms with Gasteiger partial charge in [0, 0.05) is 43.1 Å². The van der Waals surface area contributed by atoms with Crippen LogP contribution >= 0.6 is 0 Å². The molecular weight excluding hydrogens is 321 g/mol. The molecule has 0 spiro atoms. The van der Waals surface area contributed by atoms with Crippen LogP contribution in [0, 0.1) is 5.82 Å². The van der Waals surface area contributed by atoms with E-state index in [4.69, 9.17) is 4.74 Å². The molecular formula is C19H22FN3O2. The molecule has 1 amide bonds. The smallest absolute Gasteiger partial charge is 0.255 e. The van der Waals surface area contributed by atoms with E-state index in [1.807, 2.05) is 24.3 Å². The van der Waals surface area contributed by atoms with Crippen LogP contribution in [0.2, 0.25) is 0 Å². The van der Waals surface area contributed by atoms with Gasteiger partial charge in [-0.05, 0) is 48.5 Å². The first-order chi connectivity index (χ1) is 12.2. The lowest BCUT2D eigenvalue weighted by molar-refractivity contribution is 0.0398. The predicted octanol–water partition coefficient (Wildman–Crippen LogP) is 2.82. The first-order valence-corrected chi connectivity index (χ1v) is 8.42. The Kier molecular flexibility index (Phi) is 5.98. The van der Waals surface area contributed by atoms with E-state index >= 15 is 0 Å². The highest BCUT2D eigenvalue weighted by Gasteiger charge is 2.09. The molecule has 6 heteroatoms. The van der Waals surface area contributed by atoms with Gasteiger partial charge in [-0.3, -0.25) is 9.69 Å². The van der Waals surface area contributed by atoms with Gasteiger partial charge in [0.25, 0.3) is 5.91 Å². The molecule has 1 heterocycles. The zero-order valence-electron chi connectivity index (χ0n) is 14.0. The summed E-state index contributed by atoms with van der Waals surface area (Å²) in [6.07, 6.45) is 0. The number of carbonyl (C=O) groups excluding carboxylic acids is 1. The molecule has 5 nitrogen and oxygen atoms in total. The van der Waals surface area contributed by atoms with Crippen molar-refractivity contribution < 1.29 is 13.9 Å². The Morgan fingerprint density at radius 3 is 2.32 bits per heavy atom. The van der Waals surface area contributed by atoms with Crippen LogP contribution in [0.25, 0.3) is 0 Å². The van der Waals surface area contributed by atoms with Crippen LogP contribution in [0.5, 0.6) is 0 Å². The summed E-state index contributed by atoms with van der Waals surface area (Å²) in [5, 5.41) is 6.17. The molecule has 1 aliphatic heterocycles. The number of halogens is 1. The average molecular weight is 343 g/mol. The molecule has 0 aromatic heterocycles. The van der Waals surface area contributed by atoms with Crippen LogP contribution in [0.1, 0.15) is 10.4 Å². The van der Waals surface area contributed by atoms with Crippen molar-refractivity contribution in [3.8, 4) is 0 Å². The molecule has 0 bridgehead atoms. The Bertz CT molecular complexity index is 683. The van der Waals surface area contributed by atoms with Gasteiger partial charge in [0.1, 0.15) is 5.82 Å². The summed E-state index contributed by atoms with van der Waals surface area (Å²) in [6, 6.07) is 13.0. The highest BCUT2D eigenvalue weighted by molar-refractivity contribution is 6.04. The molecule has 132 valence electrons. The quantitative estimate of drug-likeness (QED) is 0.847. The van der Waals surface area contributed by atoms with E-state index in [2.05, 4.69) is 15.5 Å². The van der Waals surface area contributed by atoms with Gasteiger partial charge < -0.3 is 15.4 Å². The van der Waals surface area contributed by atoms with Crippen LogP contribution in [-0.4, -0.2) is 50.2 Å². The van der Waals surface area contributed by atoms with Crippen molar-refractivity contribution >= 4 is 17.3 Å². The third-order valence-electron chi connectivity index (χ3n) is 4.11. The van der Waals surface area contributed by atoms with Gasteiger partial charge in [0.2, 0.25) is 0 Å². The van der Waals surface area contributed by atoms with E-state index in [1.165, 1.54) is 24.3 Å². The summed E-state index contributed by atoms with van der Waals surface area (Å²) < 4.78 is 18.2.